The molecule has 6 heteroatoms. The van der Waals surface area contributed by atoms with Gasteiger partial charge in [0.05, 0.1) is 12.8 Å². The van der Waals surface area contributed by atoms with Gasteiger partial charge in [0.2, 0.25) is 5.91 Å². The van der Waals surface area contributed by atoms with Crippen LogP contribution < -0.4 is 15.8 Å². The predicted octanol–water partition coefficient (Wildman–Crippen LogP) is 3.08. The molecule has 6 nitrogen and oxygen atoms in total. The van der Waals surface area contributed by atoms with Gasteiger partial charge in [-0.1, -0.05) is 25.1 Å². The van der Waals surface area contributed by atoms with E-state index in [2.05, 4.69) is 5.32 Å². The summed E-state index contributed by atoms with van der Waals surface area (Å²) in [7, 11) is 1.54. The van der Waals surface area contributed by atoms with Gasteiger partial charge in [-0.05, 0) is 43.2 Å². The molecule has 3 N–H and O–H groups in total. The summed E-state index contributed by atoms with van der Waals surface area (Å²) in [5, 5.41) is 2.80. The normalized spacial score (nSPS) is 10.3. The Bertz CT molecular complexity index is 790. The zero-order chi connectivity index (χ0) is 19.1. The lowest BCUT2D eigenvalue weighted by molar-refractivity contribution is -0.116. The average molecular weight is 355 g/mol. The van der Waals surface area contributed by atoms with E-state index in [1.807, 2.05) is 32.0 Å². The highest BCUT2D eigenvalue weighted by Crippen LogP contribution is 2.23. The number of ether oxygens (including phenoxy) is 1. The molecule has 0 saturated carbocycles. The lowest BCUT2D eigenvalue weighted by atomic mass is 10.1. The molecule has 0 saturated heterocycles. The maximum absolute atomic E-state index is 12.9. The molecular formula is C20H25N3O3. The Kier molecular flexibility index (Phi) is 6.60. The number of hydrogen-bond donors (Lipinski definition) is 2. The van der Waals surface area contributed by atoms with E-state index in [9.17, 15) is 9.59 Å². The second kappa shape index (κ2) is 8.89. The third-order valence-corrected chi connectivity index (χ3v) is 3.99. The molecule has 26 heavy (non-hydrogen) atoms. The van der Waals surface area contributed by atoms with Crippen molar-refractivity contribution in [2.45, 2.75) is 20.3 Å². The third-order valence-electron chi connectivity index (χ3n) is 3.99. The number of benzene rings is 2. The van der Waals surface area contributed by atoms with Gasteiger partial charge < -0.3 is 20.7 Å². The van der Waals surface area contributed by atoms with E-state index >= 15 is 0 Å². The Hall–Kier alpha value is -3.02. The predicted molar refractivity (Wildman–Crippen MR) is 103 cm³/mol. The molecule has 2 aromatic carbocycles. The van der Waals surface area contributed by atoms with Gasteiger partial charge in [0.25, 0.3) is 5.91 Å². The van der Waals surface area contributed by atoms with E-state index in [1.54, 1.807) is 31.4 Å². The van der Waals surface area contributed by atoms with Crippen molar-refractivity contribution in [3.63, 3.8) is 0 Å². The maximum Gasteiger partial charge on any atom is 0.254 e. The molecule has 0 aliphatic rings. The lowest BCUT2D eigenvalue weighted by Crippen LogP contribution is -2.38. The van der Waals surface area contributed by atoms with Gasteiger partial charge in [-0.25, -0.2) is 0 Å². The Morgan fingerprint density at radius 1 is 1.19 bits per heavy atom. The molecule has 0 fully saturated rings. The lowest BCUT2D eigenvalue weighted by Gasteiger charge is -2.23. The van der Waals surface area contributed by atoms with Gasteiger partial charge in [0.1, 0.15) is 12.3 Å². The summed E-state index contributed by atoms with van der Waals surface area (Å²) >= 11 is 0. The SMILES string of the molecule is CCCN(CC(=O)Nc1ccccc1OC)C(=O)c1cc(N)ccc1C. The van der Waals surface area contributed by atoms with Crippen molar-refractivity contribution >= 4 is 23.2 Å². The standard InChI is InChI=1S/C20H25N3O3/c1-4-11-23(20(25)16-12-15(21)10-9-14(16)2)13-19(24)22-17-7-5-6-8-18(17)26-3/h5-10,12H,4,11,13,21H2,1-3H3,(H,22,24). The molecule has 0 bridgehead atoms. The number of nitrogens with one attached hydrogen (secondary N) is 1. The van der Waals surface area contributed by atoms with E-state index < -0.39 is 0 Å². The van der Waals surface area contributed by atoms with E-state index in [1.165, 1.54) is 4.90 Å². The molecule has 0 atom stereocenters. The van der Waals surface area contributed by atoms with E-state index in [4.69, 9.17) is 10.5 Å². The monoisotopic (exact) mass is 355 g/mol. The van der Waals surface area contributed by atoms with Crippen molar-refractivity contribution in [3.05, 3.63) is 53.6 Å². The van der Waals surface area contributed by atoms with Crippen LogP contribution in [-0.4, -0.2) is 36.9 Å². The van der Waals surface area contributed by atoms with Crippen molar-refractivity contribution in [3.8, 4) is 5.75 Å². The Morgan fingerprint density at radius 2 is 1.92 bits per heavy atom. The molecule has 0 aliphatic heterocycles. The summed E-state index contributed by atoms with van der Waals surface area (Å²) in [4.78, 5) is 26.9. The number of para-hydroxylation sites is 2. The molecule has 0 heterocycles. The van der Waals surface area contributed by atoms with Crippen molar-refractivity contribution < 1.29 is 14.3 Å². The first kappa shape index (κ1) is 19.3. The van der Waals surface area contributed by atoms with Crippen molar-refractivity contribution in [2.75, 3.05) is 31.2 Å². The zero-order valence-electron chi connectivity index (χ0n) is 15.4. The molecule has 0 spiro atoms. The van der Waals surface area contributed by atoms with Crippen molar-refractivity contribution in [1.82, 2.24) is 4.90 Å². The van der Waals surface area contributed by atoms with Gasteiger partial charge in [0.15, 0.2) is 0 Å². The van der Waals surface area contributed by atoms with Crippen LogP contribution in [0.1, 0.15) is 29.3 Å². The second-order valence-electron chi connectivity index (χ2n) is 6.05. The highest BCUT2D eigenvalue weighted by atomic mass is 16.5. The van der Waals surface area contributed by atoms with Crippen LogP contribution in [0.2, 0.25) is 0 Å². The molecular weight excluding hydrogens is 330 g/mol. The summed E-state index contributed by atoms with van der Waals surface area (Å²) in [5.74, 6) is 0.0885. The quantitative estimate of drug-likeness (QED) is 0.748. The van der Waals surface area contributed by atoms with Gasteiger partial charge in [-0.3, -0.25) is 9.59 Å². The van der Waals surface area contributed by atoms with Crippen molar-refractivity contribution in [2.24, 2.45) is 0 Å². The number of carbonyl (C=O) groups excluding carboxylic acids is 2. The summed E-state index contributed by atoms with van der Waals surface area (Å²) in [6, 6.07) is 12.4. The van der Waals surface area contributed by atoms with Crippen LogP contribution in [0.4, 0.5) is 11.4 Å². The van der Waals surface area contributed by atoms with Crippen LogP contribution in [0.5, 0.6) is 5.75 Å². The minimum atomic E-state index is -0.280. The molecule has 2 aromatic rings. The second-order valence-corrected chi connectivity index (χ2v) is 6.05. The minimum absolute atomic E-state index is 0.0427. The molecule has 0 aliphatic carbocycles. The molecule has 0 radical (unpaired) electrons. The molecule has 2 amide bonds. The van der Waals surface area contributed by atoms with Gasteiger partial charge >= 0.3 is 0 Å². The van der Waals surface area contributed by atoms with Crippen LogP contribution in [0, 0.1) is 6.92 Å². The van der Waals surface area contributed by atoms with Crippen LogP contribution in [0.15, 0.2) is 42.5 Å². The molecule has 138 valence electrons. The highest BCUT2D eigenvalue weighted by molar-refractivity contribution is 6.01. The van der Waals surface area contributed by atoms with Crippen LogP contribution >= 0.6 is 0 Å². The number of carbonyl (C=O) groups is 2. The number of rotatable bonds is 7. The van der Waals surface area contributed by atoms with E-state index in [0.717, 1.165) is 12.0 Å². The zero-order valence-corrected chi connectivity index (χ0v) is 15.4. The Balaban J connectivity index is 2.15. The Morgan fingerprint density at radius 3 is 2.62 bits per heavy atom. The number of amides is 2. The largest absolute Gasteiger partial charge is 0.495 e. The van der Waals surface area contributed by atoms with Crippen LogP contribution in [0.25, 0.3) is 0 Å². The summed E-state index contributed by atoms with van der Waals surface area (Å²) in [6.45, 7) is 4.25. The highest BCUT2D eigenvalue weighted by Gasteiger charge is 2.20. The number of aryl methyl sites for hydroxylation is 1. The topological polar surface area (TPSA) is 84.7 Å². The Labute approximate surface area is 153 Å². The number of nitrogens with two attached hydrogens (primary N) is 1. The number of hydrogen-bond acceptors (Lipinski definition) is 4. The number of methoxy groups -OCH3 is 1. The summed E-state index contributed by atoms with van der Waals surface area (Å²) < 4.78 is 5.24. The van der Waals surface area contributed by atoms with Crippen LogP contribution in [-0.2, 0) is 4.79 Å². The summed E-state index contributed by atoms with van der Waals surface area (Å²) in [5.41, 5.74) is 8.25. The van der Waals surface area contributed by atoms with Crippen molar-refractivity contribution in [1.29, 1.82) is 0 Å². The first-order valence-electron chi connectivity index (χ1n) is 8.54. The smallest absolute Gasteiger partial charge is 0.254 e. The number of nitrogens with zero attached hydrogens (tertiary/aromatic N) is 1. The number of nitrogen functional groups attached to an aromatic ring is 1. The minimum Gasteiger partial charge on any atom is -0.495 e. The third kappa shape index (κ3) is 4.75. The molecule has 0 unspecified atom stereocenters. The van der Waals surface area contributed by atoms with Gasteiger partial charge in [0, 0.05) is 17.8 Å². The van der Waals surface area contributed by atoms with Gasteiger partial charge in [-0.2, -0.15) is 0 Å². The fraction of sp³-hybridized carbons (Fsp3) is 0.300. The van der Waals surface area contributed by atoms with E-state index in [0.29, 0.717) is 29.2 Å². The maximum atomic E-state index is 12.9. The fourth-order valence-corrected chi connectivity index (χ4v) is 2.67. The summed E-state index contributed by atoms with van der Waals surface area (Å²) in [6.07, 6.45) is 0.745. The van der Waals surface area contributed by atoms with Gasteiger partial charge in [-0.15, -0.1) is 0 Å². The van der Waals surface area contributed by atoms with E-state index in [-0.39, 0.29) is 18.4 Å². The first-order chi connectivity index (χ1) is 12.5. The first-order valence-corrected chi connectivity index (χ1v) is 8.54. The van der Waals surface area contributed by atoms with Crippen LogP contribution in [0.3, 0.4) is 0 Å². The number of anilines is 2. The molecule has 0 aromatic heterocycles. The molecule has 2 rings (SSSR count). The average Bonchev–Trinajstić information content (AvgIpc) is 2.63. The fourth-order valence-electron chi connectivity index (χ4n) is 2.67.